The molecule has 1 saturated heterocycles. The highest BCUT2D eigenvalue weighted by molar-refractivity contribution is 7.80. The number of benzene rings is 2. The summed E-state index contributed by atoms with van der Waals surface area (Å²) in [5.74, 6) is 0.218. The van der Waals surface area contributed by atoms with Gasteiger partial charge in [0.05, 0.1) is 13.2 Å². The molecule has 5 nitrogen and oxygen atoms in total. The molecule has 0 spiro atoms. The van der Waals surface area contributed by atoms with Crippen molar-refractivity contribution < 1.29 is 4.74 Å². The number of hydrogen-bond acceptors (Lipinski definition) is 3. The standard InChI is InChI=1S/C24H30N4OS/c30-24(25-11-6-12-28-13-15-29-16-14-28)27-17-21(19-7-2-1-3-8-19)22-18-26-23-10-5-4-9-20(22)23/h1-5,7-10,18,21,26H,6,11-17H2,(H2,25,27,30)/t21-/m1/s1. The zero-order chi connectivity index (χ0) is 20.6. The van der Waals surface area contributed by atoms with Crippen LogP contribution in [-0.2, 0) is 4.74 Å². The molecule has 0 saturated carbocycles. The van der Waals surface area contributed by atoms with E-state index in [2.05, 4.69) is 81.3 Å². The molecule has 2 heterocycles. The maximum absolute atomic E-state index is 5.55. The third-order valence-electron chi connectivity index (χ3n) is 5.71. The summed E-state index contributed by atoms with van der Waals surface area (Å²) in [7, 11) is 0. The van der Waals surface area contributed by atoms with E-state index in [0.717, 1.165) is 63.0 Å². The third-order valence-corrected chi connectivity index (χ3v) is 5.99. The van der Waals surface area contributed by atoms with Crippen molar-refractivity contribution in [1.29, 1.82) is 0 Å². The van der Waals surface area contributed by atoms with Crippen molar-refractivity contribution in [1.82, 2.24) is 20.5 Å². The molecule has 1 fully saturated rings. The minimum atomic E-state index is 0.218. The fourth-order valence-corrected chi connectivity index (χ4v) is 4.25. The number of H-pyrrole nitrogens is 1. The van der Waals surface area contributed by atoms with Crippen LogP contribution in [0.2, 0.25) is 0 Å². The average molecular weight is 423 g/mol. The Morgan fingerprint density at radius 3 is 2.63 bits per heavy atom. The fourth-order valence-electron chi connectivity index (χ4n) is 4.06. The van der Waals surface area contributed by atoms with Gasteiger partial charge in [-0.05, 0) is 42.4 Å². The second-order valence-corrected chi connectivity index (χ2v) is 8.11. The first kappa shape index (κ1) is 20.8. The number of para-hydroxylation sites is 1. The van der Waals surface area contributed by atoms with Crippen molar-refractivity contribution in [3.8, 4) is 0 Å². The number of nitrogens with one attached hydrogen (secondary N) is 3. The zero-order valence-corrected chi connectivity index (χ0v) is 18.1. The lowest BCUT2D eigenvalue weighted by atomic mass is 9.91. The largest absolute Gasteiger partial charge is 0.379 e. The first-order valence-electron chi connectivity index (χ1n) is 10.7. The molecule has 0 aliphatic carbocycles. The molecule has 2 aromatic carbocycles. The maximum atomic E-state index is 5.55. The Morgan fingerprint density at radius 1 is 1.03 bits per heavy atom. The first-order valence-corrected chi connectivity index (χ1v) is 11.1. The van der Waals surface area contributed by atoms with Crippen LogP contribution in [0.15, 0.2) is 60.8 Å². The first-order chi connectivity index (χ1) is 14.8. The number of hydrogen-bond donors (Lipinski definition) is 3. The molecule has 1 aliphatic rings. The topological polar surface area (TPSA) is 52.3 Å². The predicted octanol–water partition coefficient (Wildman–Crippen LogP) is 3.49. The van der Waals surface area contributed by atoms with Gasteiger partial charge in [0.1, 0.15) is 0 Å². The van der Waals surface area contributed by atoms with Crippen LogP contribution in [0.1, 0.15) is 23.5 Å². The van der Waals surface area contributed by atoms with Crippen LogP contribution in [0, 0.1) is 0 Å². The molecule has 30 heavy (non-hydrogen) atoms. The summed E-state index contributed by atoms with van der Waals surface area (Å²) in [5, 5.41) is 8.79. The minimum Gasteiger partial charge on any atom is -0.379 e. The van der Waals surface area contributed by atoms with E-state index in [1.165, 1.54) is 16.5 Å². The number of nitrogens with zero attached hydrogens (tertiary/aromatic N) is 1. The van der Waals surface area contributed by atoms with Gasteiger partial charge in [0, 0.05) is 49.2 Å². The number of ether oxygens (including phenoxy) is 1. The van der Waals surface area contributed by atoms with E-state index < -0.39 is 0 Å². The van der Waals surface area contributed by atoms with Gasteiger partial charge >= 0.3 is 0 Å². The summed E-state index contributed by atoms with van der Waals surface area (Å²) in [6, 6.07) is 19.1. The molecule has 1 atom stereocenters. The predicted molar refractivity (Wildman–Crippen MR) is 127 cm³/mol. The lowest BCUT2D eigenvalue weighted by Crippen LogP contribution is -2.40. The van der Waals surface area contributed by atoms with Crippen LogP contribution in [-0.4, -0.2) is 60.9 Å². The number of aromatic amines is 1. The maximum Gasteiger partial charge on any atom is 0.166 e. The summed E-state index contributed by atoms with van der Waals surface area (Å²) in [4.78, 5) is 5.86. The Kier molecular flexibility index (Phi) is 7.34. The molecule has 3 aromatic rings. The summed E-state index contributed by atoms with van der Waals surface area (Å²) >= 11 is 5.55. The van der Waals surface area contributed by atoms with Crippen molar-refractivity contribution >= 4 is 28.2 Å². The third kappa shape index (κ3) is 5.39. The van der Waals surface area contributed by atoms with Crippen molar-refractivity contribution in [3.63, 3.8) is 0 Å². The molecule has 6 heteroatoms. The van der Waals surface area contributed by atoms with E-state index in [9.17, 15) is 0 Å². The Balaban J connectivity index is 1.34. The highest BCUT2D eigenvalue weighted by Gasteiger charge is 2.18. The van der Waals surface area contributed by atoms with Crippen molar-refractivity contribution in [2.75, 3.05) is 45.9 Å². The molecule has 158 valence electrons. The van der Waals surface area contributed by atoms with Crippen LogP contribution in [0.25, 0.3) is 10.9 Å². The summed E-state index contributed by atoms with van der Waals surface area (Å²) < 4.78 is 5.40. The lowest BCUT2D eigenvalue weighted by Gasteiger charge is -2.26. The Morgan fingerprint density at radius 2 is 1.80 bits per heavy atom. The lowest BCUT2D eigenvalue weighted by molar-refractivity contribution is 0.0376. The summed E-state index contributed by atoms with van der Waals surface area (Å²) in [6.45, 7) is 6.48. The van der Waals surface area contributed by atoms with E-state index in [1.807, 2.05) is 0 Å². The van der Waals surface area contributed by atoms with Gasteiger partial charge in [-0.2, -0.15) is 0 Å². The minimum absolute atomic E-state index is 0.218. The van der Waals surface area contributed by atoms with Gasteiger partial charge in [-0.3, -0.25) is 4.90 Å². The van der Waals surface area contributed by atoms with Crippen molar-refractivity contribution in [2.24, 2.45) is 0 Å². The van der Waals surface area contributed by atoms with Crippen LogP contribution >= 0.6 is 12.2 Å². The Bertz CT molecular complexity index is 937. The van der Waals surface area contributed by atoms with Crippen LogP contribution in [0.5, 0.6) is 0 Å². The quantitative estimate of drug-likeness (QED) is 0.383. The number of morpholine rings is 1. The second-order valence-electron chi connectivity index (χ2n) is 7.70. The second kappa shape index (κ2) is 10.6. The smallest absolute Gasteiger partial charge is 0.166 e. The van der Waals surface area contributed by atoms with E-state index in [4.69, 9.17) is 17.0 Å². The summed E-state index contributed by atoms with van der Waals surface area (Å²) in [6.07, 6.45) is 3.20. The fraction of sp³-hybridized carbons (Fsp3) is 0.375. The van der Waals surface area contributed by atoms with Gasteiger partial charge in [-0.1, -0.05) is 48.5 Å². The number of fused-ring (bicyclic) bond motifs is 1. The summed E-state index contributed by atoms with van der Waals surface area (Å²) in [5.41, 5.74) is 3.74. The number of thiocarbonyl (C=S) groups is 1. The van der Waals surface area contributed by atoms with Crippen LogP contribution in [0.4, 0.5) is 0 Å². The van der Waals surface area contributed by atoms with Gasteiger partial charge in [-0.15, -0.1) is 0 Å². The van der Waals surface area contributed by atoms with Crippen molar-refractivity contribution in [2.45, 2.75) is 12.3 Å². The van der Waals surface area contributed by atoms with Gasteiger partial charge in [0.25, 0.3) is 0 Å². The van der Waals surface area contributed by atoms with Crippen LogP contribution in [0.3, 0.4) is 0 Å². The molecule has 0 amide bonds. The molecule has 0 bridgehead atoms. The van der Waals surface area contributed by atoms with E-state index in [0.29, 0.717) is 0 Å². The van der Waals surface area contributed by atoms with Crippen molar-refractivity contribution in [3.05, 3.63) is 71.9 Å². The highest BCUT2D eigenvalue weighted by Crippen LogP contribution is 2.30. The SMILES string of the molecule is S=C(NCCCN1CCOCC1)NC[C@H](c1ccccc1)c1c[nH]c2ccccc12. The van der Waals surface area contributed by atoms with Crippen LogP contribution < -0.4 is 10.6 Å². The zero-order valence-electron chi connectivity index (χ0n) is 17.3. The monoisotopic (exact) mass is 422 g/mol. The molecule has 4 rings (SSSR count). The van der Waals surface area contributed by atoms with E-state index in [-0.39, 0.29) is 5.92 Å². The van der Waals surface area contributed by atoms with Gasteiger partial charge in [-0.25, -0.2) is 0 Å². The van der Waals surface area contributed by atoms with Gasteiger partial charge < -0.3 is 20.4 Å². The average Bonchev–Trinajstić information content (AvgIpc) is 3.22. The molecule has 0 unspecified atom stereocenters. The number of rotatable bonds is 8. The molecule has 1 aliphatic heterocycles. The van der Waals surface area contributed by atoms with Gasteiger partial charge in [0.2, 0.25) is 0 Å². The molecule has 1 aromatic heterocycles. The van der Waals surface area contributed by atoms with E-state index in [1.54, 1.807) is 0 Å². The Labute approximate surface area is 183 Å². The molecule has 3 N–H and O–H groups in total. The number of aromatic nitrogens is 1. The molecule has 0 radical (unpaired) electrons. The molecular weight excluding hydrogens is 392 g/mol. The molecular formula is C24H30N4OS. The van der Waals surface area contributed by atoms with Gasteiger partial charge in [0.15, 0.2) is 5.11 Å². The normalized spacial score (nSPS) is 15.7. The Hall–Kier alpha value is -2.41. The van der Waals surface area contributed by atoms with E-state index >= 15 is 0 Å². The highest BCUT2D eigenvalue weighted by atomic mass is 32.1.